The van der Waals surface area contributed by atoms with E-state index in [0.29, 0.717) is 18.9 Å². The Morgan fingerprint density at radius 3 is 2.26 bits per heavy atom. The normalized spacial score (nSPS) is 15.4. The molecule has 1 unspecified atom stereocenters. The number of carbonyl (C=O) groups excluding carboxylic acids is 1. The minimum atomic E-state index is -4.31. The maximum Gasteiger partial charge on any atom is 0.392 e. The van der Waals surface area contributed by atoms with Crippen molar-refractivity contribution in [3.8, 4) is 0 Å². The van der Waals surface area contributed by atoms with Crippen molar-refractivity contribution >= 4 is 5.97 Å². The molecule has 0 aromatic rings. The third-order valence-corrected chi connectivity index (χ3v) is 2.76. The molecule has 114 valence electrons. The number of carbonyl (C=O) groups is 1. The second kappa shape index (κ2) is 7.72. The Labute approximate surface area is 112 Å². The Morgan fingerprint density at radius 1 is 1.26 bits per heavy atom. The molecule has 0 aromatic carbocycles. The van der Waals surface area contributed by atoms with Gasteiger partial charge in [-0.15, -0.1) is 0 Å². The quantitative estimate of drug-likeness (QED) is 0.639. The first kappa shape index (κ1) is 18.2. The maximum absolute atomic E-state index is 12.0. The van der Waals surface area contributed by atoms with Crippen molar-refractivity contribution in [3.05, 3.63) is 0 Å². The summed E-state index contributed by atoms with van der Waals surface area (Å²) in [5.41, 5.74) is -0.888. The Hall–Kier alpha value is -0.780. The van der Waals surface area contributed by atoms with Crippen LogP contribution < -0.4 is 0 Å². The lowest BCUT2D eigenvalue weighted by Crippen LogP contribution is -2.35. The van der Waals surface area contributed by atoms with Gasteiger partial charge in [-0.1, -0.05) is 20.8 Å². The molecule has 6 heteroatoms. The molecule has 0 fully saturated rings. The fraction of sp³-hybridized carbons (Fsp3) is 0.923. The van der Waals surface area contributed by atoms with E-state index in [4.69, 9.17) is 9.47 Å². The minimum absolute atomic E-state index is 0.159. The van der Waals surface area contributed by atoms with Gasteiger partial charge in [-0.05, 0) is 19.3 Å². The second-order valence-corrected chi connectivity index (χ2v) is 5.32. The highest BCUT2D eigenvalue weighted by Gasteiger charge is 2.35. The van der Waals surface area contributed by atoms with E-state index in [-0.39, 0.29) is 6.61 Å². The lowest BCUT2D eigenvalue weighted by Gasteiger charge is -2.26. The molecule has 0 N–H and O–H groups in total. The van der Waals surface area contributed by atoms with Gasteiger partial charge in [0.1, 0.15) is 0 Å². The molecule has 0 aliphatic rings. The minimum Gasteiger partial charge on any atom is -0.465 e. The summed E-state index contributed by atoms with van der Waals surface area (Å²) in [7, 11) is 0. The number of hydrogen-bond donors (Lipinski definition) is 0. The average Bonchev–Trinajstić information content (AvgIpc) is 2.26. The van der Waals surface area contributed by atoms with E-state index in [1.165, 1.54) is 0 Å². The summed E-state index contributed by atoms with van der Waals surface area (Å²) in [5.74, 6) is -0.301. The van der Waals surface area contributed by atoms with Crippen LogP contribution in [0.5, 0.6) is 0 Å². The van der Waals surface area contributed by atoms with Crippen molar-refractivity contribution in [3.63, 3.8) is 0 Å². The number of rotatable bonds is 8. The largest absolute Gasteiger partial charge is 0.465 e. The average molecular weight is 284 g/mol. The zero-order valence-corrected chi connectivity index (χ0v) is 12.0. The first-order valence-corrected chi connectivity index (χ1v) is 6.42. The highest BCUT2D eigenvalue weighted by molar-refractivity contribution is 5.76. The van der Waals surface area contributed by atoms with Gasteiger partial charge >= 0.3 is 12.1 Å². The molecule has 0 aliphatic heterocycles. The van der Waals surface area contributed by atoms with E-state index in [0.717, 1.165) is 0 Å². The molecule has 0 radical (unpaired) electrons. The number of alkyl halides is 3. The molecule has 19 heavy (non-hydrogen) atoms. The molecule has 0 bridgehead atoms. The standard InChI is InChI=1S/C13H23F3O3/c1-5-12(4,9-18-8-10(2)3)11(17)19-7-6-13(14,15)16/h10H,5-9H2,1-4H3. The van der Waals surface area contributed by atoms with Gasteiger partial charge in [-0.25, -0.2) is 0 Å². The Kier molecular flexibility index (Phi) is 7.41. The molecular weight excluding hydrogens is 261 g/mol. The second-order valence-electron chi connectivity index (χ2n) is 5.32. The van der Waals surface area contributed by atoms with Crippen LogP contribution >= 0.6 is 0 Å². The molecule has 0 heterocycles. The first-order valence-electron chi connectivity index (χ1n) is 6.42. The summed E-state index contributed by atoms with van der Waals surface area (Å²) < 4.78 is 46.0. The van der Waals surface area contributed by atoms with Gasteiger partial charge < -0.3 is 9.47 Å². The fourth-order valence-electron chi connectivity index (χ4n) is 1.26. The molecule has 0 aliphatic carbocycles. The first-order chi connectivity index (χ1) is 8.60. The highest BCUT2D eigenvalue weighted by atomic mass is 19.4. The topological polar surface area (TPSA) is 35.5 Å². The van der Waals surface area contributed by atoms with E-state index in [1.54, 1.807) is 13.8 Å². The van der Waals surface area contributed by atoms with Crippen molar-refractivity contribution in [2.45, 2.75) is 46.7 Å². The van der Waals surface area contributed by atoms with Crippen molar-refractivity contribution < 1.29 is 27.4 Å². The van der Waals surface area contributed by atoms with Crippen molar-refractivity contribution in [2.24, 2.45) is 11.3 Å². The lowest BCUT2D eigenvalue weighted by molar-refractivity contribution is -0.169. The summed E-state index contributed by atoms with van der Waals surface area (Å²) in [6.07, 6.45) is -4.97. The van der Waals surface area contributed by atoms with Crippen LogP contribution in [0.4, 0.5) is 13.2 Å². The van der Waals surface area contributed by atoms with Crippen LogP contribution in [-0.4, -0.2) is 32.0 Å². The predicted octanol–water partition coefficient (Wildman–Crippen LogP) is 3.57. The number of esters is 1. The summed E-state index contributed by atoms with van der Waals surface area (Å²) in [6, 6.07) is 0. The smallest absolute Gasteiger partial charge is 0.392 e. The van der Waals surface area contributed by atoms with Gasteiger partial charge in [-0.2, -0.15) is 13.2 Å². The van der Waals surface area contributed by atoms with Gasteiger partial charge in [0.15, 0.2) is 0 Å². The number of halogens is 3. The van der Waals surface area contributed by atoms with Crippen LogP contribution in [0.2, 0.25) is 0 Å². The van der Waals surface area contributed by atoms with Crippen molar-refractivity contribution in [1.82, 2.24) is 0 Å². The van der Waals surface area contributed by atoms with E-state index in [1.807, 2.05) is 13.8 Å². The fourth-order valence-corrected chi connectivity index (χ4v) is 1.26. The summed E-state index contributed by atoms with van der Waals surface area (Å²) in [4.78, 5) is 11.8. The SMILES string of the molecule is CCC(C)(COCC(C)C)C(=O)OCCC(F)(F)F. The van der Waals surface area contributed by atoms with E-state index < -0.39 is 30.6 Å². The van der Waals surface area contributed by atoms with E-state index >= 15 is 0 Å². The molecule has 0 saturated heterocycles. The molecule has 3 nitrogen and oxygen atoms in total. The molecule has 0 rings (SSSR count). The van der Waals surface area contributed by atoms with Gasteiger partial charge in [-0.3, -0.25) is 4.79 Å². The van der Waals surface area contributed by atoms with Gasteiger partial charge in [0, 0.05) is 6.61 Å². The Bertz CT molecular complexity index is 277. The molecular formula is C13H23F3O3. The lowest BCUT2D eigenvalue weighted by atomic mass is 9.89. The van der Waals surface area contributed by atoms with Crippen molar-refractivity contribution in [2.75, 3.05) is 19.8 Å². The maximum atomic E-state index is 12.0. The third kappa shape index (κ3) is 8.08. The van der Waals surface area contributed by atoms with E-state index in [9.17, 15) is 18.0 Å². The predicted molar refractivity (Wildman–Crippen MR) is 65.7 cm³/mol. The molecule has 1 atom stereocenters. The van der Waals surface area contributed by atoms with Crippen LogP contribution in [0.1, 0.15) is 40.5 Å². The van der Waals surface area contributed by atoms with Crippen LogP contribution in [-0.2, 0) is 14.3 Å². The summed E-state index contributed by atoms with van der Waals surface area (Å²) >= 11 is 0. The van der Waals surface area contributed by atoms with Gasteiger partial charge in [0.2, 0.25) is 0 Å². The van der Waals surface area contributed by atoms with Crippen molar-refractivity contribution in [1.29, 1.82) is 0 Å². The molecule has 0 aromatic heterocycles. The van der Waals surface area contributed by atoms with Gasteiger partial charge in [0.25, 0.3) is 0 Å². The monoisotopic (exact) mass is 284 g/mol. The van der Waals surface area contributed by atoms with E-state index in [2.05, 4.69) is 0 Å². The van der Waals surface area contributed by atoms with Crippen LogP contribution in [0, 0.1) is 11.3 Å². The molecule has 0 saturated carbocycles. The Morgan fingerprint density at radius 2 is 1.84 bits per heavy atom. The Balaban J connectivity index is 4.21. The molecule has 0 spiro atoms. The summed E-state index contributed by atoms with van der Waals surface area (Å²) in [6.45, 7) is 7.41. The summed E-state index contributed by atoms with van der Waals surface area (Å²) in [5, 5.41) is 0. The van der Waals surface area contributed by atoms with Gasteiger partial charge in [0.05, 0.1) is 25.0 Å². The third-order valence-electron chi connectivity index (χ3n) is 2.76. The van der Waals surface area contributed by atoms with Crippen LogP contribution in [0.3, 0.4) is 0 Å². The zero-order valence-electron chi connectivity index (χ0n) is 12.0. The highest BCUT2D eigenvalue weighted by Crippen LogP contribution is 2.25. The number of hydrogen-bond acceptors (Lipinski definition) is 3. The zero-order chi connectivity index (χ0) is 15.1. The van der Waals surface area contributed by atoms with Crippen LogP contribution in [0.25, 0.3) is 0 Å². The molecule has 0 amide bonds. The number of ether oxygens (including phenoxy) is 2. The van der Waals surface area contributed by atoms with Crippen LogP contribution in [0.15, 0.2) is 0 Å².